The minimum atomic E-state index is -1.10. The van der Waals surface area contributed by atoms with Crippen LogP contribution < -0.4 is 0 Å². The lowest BCUT2D eigenvalue weighted by atomic mass is 10.2. The molecule has 0 saturated carbocycles. The van der Waals surface area contributed by atoms with Gasteiger partial charge >= 0.3 is 12.1 Å². The topological polar surface area (TPSA) is 79.7 Å². The molecule has 0 aliphatic rings. The predicted molar refractivity (Wildman–Crippen MR) is 71.1 cm³/mol. The standard InChI is InChI=1S/C12H18N2O4S/c1-5-14(11(17)18-12(2,3)4)9(10(15)16)8-6-13-7-19-8/h6-7,9H,5H2,1-4H3,(H,15,16). The number of carboxylic acid groups (broad SMARTS) is 1. The number of aromatic nitrogens is 1. The Morgan fingerprint density at radius 2 is 2.16 bits per heavy atom. The van der Waals surface area contributed by atoms with Crippen LogP contribution in [-0.4, -0.2) is 39.2 Å². The second kappa shape index (κ2) is 6.01. The fourth-order valence-electron chi connectivity index (χ4n) is 1.51. The molecule has 1 rings (SSSR count). The average Bonchev–Trinajstić information content (AvgIpc) is 2.75. The van der Waals surface area contributed by atoms with Crippen molar-refractivity contribution in [2.24, 2.45) is 0 Å². The molecule has 0 fully saturated rings. The number of aliphatic carboxylic acids is 1. The number of amides is 1. The van der Waals surface area contributed by atoms with Gasteiger partial charge in [-0.1, -0.05) is 0 Å². The highest BCUT2D eigenvalue weighted by Crippen LogP contribution is 2.26. The van der Waals surface area contributed by atoms with Crippen LogP contribution in [0.2, 0.25) is 0 Å². The SMILES string of the molecule is CCN(C(=O)OC(C)(C)C)C(C(=O)O)c1cncs1. The highest BCUT2D eigenvalue weighted by atomic mass is 32.1. The quantitative estimate of drug-likeness (QED) is 0.920. The van der Waals surface area contributed by atoms with Crippen molar-refractivity contribution in [2.45, 2.75) is 39.3 Å². The van der Waals surface area contributed by atoms with E-state index < -0.39 is 23.7 Å². The fraction of sp³-hybridized carbons (Fsp3) is 0.583. The summed E-state index contributed by atoms with van der Waals surface area (Å²) < 4.78 is 5.23. The maximum atomic E-state index is 12.1. The summed E-state index contributed by atoms with van der Waals surface area (Å²) in [6.07, 6.45) is 0.812. The Balaban J connectivity index is 2.98. The number of likely N-dealkylation sites (N-methyl/N-ethyl adjacent to an activating group) is 1. The van der Waals surface area contributed by atoms with Gasteiger partial charge in [0.05, 0.1) is 10.4 Å². The number of hydrogen-bond donors (Lipinski definition) is 1. The third kappa shape index (κ3) is 4.20. The van der Waals surface area contributed by atoms with Gasteiger partial charge in [-0.25, -0.2) is 9.59 Å². The minimum Gasteiger partial charge on any atom is -0.479 e. The van der Waals surface area contributed by atoms with Crippen LogP contribution in [0.15, 0.2) is 11.7 Å². The lowest BCUT2D eigenvalue weighted by Gasteiger charge is -2.29. The lowest BCUT2D eigenvalue weighted by molar-refractivity contribution is -0.143. The first-order chi connectivity index (χ1) is 8.76. The van der Waals surface area contributed by atoms with Gasteiger partial charge < -0.3 is 9.84 Å². The zero-order valence-corrected chi connectivity index (χ0v) is 12.2. The molecule has 0 aliphatic heterocycles. The molecule has 1 heterocycles. The zero-order chi connectivity index (χ0) is 14.6. The van der Waals surface area contributed by atoms with Crippen molar-refractivity contribution in [1.29, 1.82) is 0 Å². The zero-order valence-electron chi connectivity index (χ0n) is 11.4. The Bertz CT molecular complexity index is 439. The van der Waals surface area contributed by atoms with Crippen LogP contribution in [0.5, 0.6) is 0 Å². The van der Waals surface area contributed by atoms with Gasteiger partial charge in [0.1, 0.15) is 5.60 Å². The van der Waals surface area contributed by atoms with Crippen LogP contribution in [0.4, 0.5) is 4.79 Å². The molecule has 106 valence electrons. The molecule has 0 spiro atoms. The number of carboxylic acids is 1. The summed E-state index contributed by atoms with van der Waals surface area (Å²) >= 11 is 1.20. The fourth-order valence-corrected chi connectivity index (χ4v) is 2.23. The first-order valence-corrected chi connectivity index (χ1v) is 6.75. The largest absolute Gasteiger partial charge is 0.479 e. The van der Waals surface area contributed by atoms with E-state index in [1.807, 2.05) is 0 Å². The van der Waals surface area contributed by atoms with E-state index in [0.29, 0.717) is 4.88 Å². The molecule has 0 radical (unpaired) electrons. The summed E-state index contributed by atoms with van der Waals surface area (Å²) in [7, 11) is 0. The molecule has 1 amide bonds. The van der Waals surface area contributed by atoms with Crippen LogP contribution in [0.25, 0.3) is 0 Å². The molecule has 1 N–H and O–H groups in total. The van der Waals surface area contributed by atoms with E-state index in [1.165, 1.54) is 27.9 Å². The van der Waals surface area contributed by atoms with Crippen molar-refractivity contribution < 1.29 is 19.4 Å². The number of ether oxygens (including phenoxy) is 1. The van der Waals surface area contributed by atoms with Crippen LogP contribution in [0, 0.1) is 0 Å². The van der Waals surface area contributed by atoms with Crippen molar-refractivity contribution in [3.05, 3.63) is 16.6 Å². The summed E-state index contributed by atoms with van der Waals surface area (Å²) in [5, 5.41) is 9.32. The van der Waals surface area contributed by atoms with Gasteiger partial charge in [0.15, 0.2) is 6.04 Å². The molecule has 0 aromatic carbocycles. The first kappa shape index (κ1) is 15.4. The van der Waals surface area contributed by atoms with E-state index in [0.717, 1.165) is 0 Å². The molecular formula is C12H18N2O4S. The molecule has 0 saturated heterocycles. The van der Waals surface area contributed by atoms with Crippen LogP contribution >= 0.6 is 11.3 Å². The molecule has 7 heteroatoms. The number of carbonyl (C=O) groups is 2. The van der Waals surface area contributed by atoms with Crippen LogP contribution in [-0.2, 0) is 9.53 Å². The number of thiazole rings is 1. The van der Waals surface area contributed by atoms with E-state index in [1.54, 1.807) is 27.7 Å². The Hall–Kier alpha value is -1.63. The molecule has 1 atom stereocenters. The number of nitrogens with zero attached hydrogens (tertiary/aromatic N) is 2. The van der Waals surface area contributed by atoms with Gasteiger partial charge in [-0.2, -0.15) is 0 Å². The monoisotopic (exact) mass is 286 g/mol. The number of rotatable bonds is 4. The third-order valence-electron chi connectivity index (χ3n) is 2.24. The molecule has 19 heavy (non-hydrogen) atoms. The first-order valence-electron chi connectivity index (χ1n) is 5.87. The summed E-state index contributed by atoms with van der Waals surface area (Å²) in [5.41, 5.74) is 0.870. The van der Waals surface area contributed by atoms with Crippen LogP contribution in [0.3, 0.4) is 0 Å². The molecule has 6 nitrogen and oxygen atoms in total. The van der Waals surface area contributed by atoms with Crippen molar-refractivity contribution >= 4 is 23.4 Å². The molecular weight excluding hydrogens is 268 g/mol. The summed E-state index contributed by atoms with van der Waals surface area (Å²) in [4.78, 5) is 29.0. The molecule has 0 aliphatic carbocycles. The van der Waals surface area contributed by atoms with Gasteiger partial charge in [0.2, 0.25) is 0 Å². The smallest absolute Gasteiger partial charge is 0.411 e. The van der Waals surface area contributed by atoms with Gasteiger partial charge in [-0.15, -0.1) is 11.3 Å². The summed E-state index contributed by atoms with van der Waals surface area (Å²) in [6, 6.07) is -1.06. The summed E-state index contributed by atoms with van der Waals surface area (Å²) in [6.45, 7) is 7.16. The van der Waals surface area contributed by atoms with Gasteiger partial charge in [-0.05, 0) is 27.7 Å². The predicted octanol–water partition coefficient (Wildman–Crippen LogP) is 2.53. The number of carbonyl (C=O) groups excluding carboxylic acids is 1. The maximum absolute atomic E-state index is 12.1. The van der Waals surface area contributed by atoms with Crippen molar-refractivity contribution in [3.63, 3.8) is 0 Å². The normalized spacial score (nSPS) is 12.8. The second-order valence-electron chi connectivity index (χ2n) is 4.91. The van der Waals surface area contributed by atoms with Crippen molar-refractivity contribution in [2.75, 3.05) is 6.54 Å². The van der Waals surface area contributed by atoms with Crippen molar-refractivity contribution in [3.8, 4) is 0 Å². The van der Waals surface area contributed by atoms with E-state index >= 15 is 0 Å². The minimum absolute atomic E-state index is 0.240. The summed E-state index contributed by atoms with van der Waals surface area (Å²) in [5.74, 6) is -1.10. The molecule has 1 unspecified atom stereocenters. The van der Waals surface area contributed by atoms with E-state index in [4.69, 9.17) is 4.74 Å². The van der Waals surface area contributed by atoms with Crippen molar-refractivity contribution in [1.82, 2.24) is 9.88 Å². The van der Waals surface area contributed by atoms with E-state index in [9.17, 15) is 14.7 Å². The van der Waals surface area contributed by atoms with E-state index in [-0.39, 0.29) is 6.54 Å². The Labute approximate surface area is 116 Å². The number of hydrogen-bond acceptors (Lipinski definition) is 5. The molecule has 1 aromatic heterocycles. The Morgan fingerprint density at radius 3 is 2.53 bits per heavy atom. The lowest BCUT2D eigenvalue weighted by Crippen LogP contribution is -2.41. The maximum Gasteiger partial charge on any atom is 0.411 e. The second-order valence-corrected chi connectivity index (χ2v) is 5.83. The average molecular weight is 286 g/mol. The van der Waals surface area contributed by atoms with Gasteiger partial charge in [0.25, 0.3) is 0 Å². The highest BCUT2D eigenvalue weighted by molar-refractivity contribution is 7.09. The Morgan fingerprint density at radius 1 is 1.53 bits per heavy atom. The van der Waals surface area contributed by atoms with Gasteiger partial charge in [-0.3, -0.25) is 9.88 Å². The third-order valence-corrected chi connectivity index (χ3v) is 3.06. The molecule has 0 bridgehead atoms. The highest BCUT2D eigenvalue weighted by Gasteiger charge is 2.34. The molecule has 1 aromatic rings. The van der Waals surface area contributed by atoms with E-state index in [2.05, 4.69) is 4.98 Å². The van der Waals surface area contributed by atoms with Gasteiger partial charge in [0, 0.05) is 12.7 Å². The van der Waals surface area contributed by atoms with Crippen LogP contribution in [0.1, 0.15) is 38.6 Å². The Kier molecular flexibility index (Phi) is 4.88.